The molecular weight excluding hydrogens is 316 g/mol. The quantitative estimate of drug-likeness (QED) is 0.819. The monoisotopic (exact) mass is 334 g/mol. The Morgan fingerprint density at radius 3 is 2.75 bits per heavy atom. The minimum atomic E-state index is 0.589. The smallest absolute Gasteiger partial charge is 0.229 e. The highest BCUT2D eigenvalue weighted by Crippen LogP contribution is 2.23. The van der Waals surface area contributed by atoms with Gasteiger partial charge in [0.2, 0.25) is 5.95 Å². The van der Waals surface area contributed by atoms with Crippen LogP contribution in [0.25, 0.3) is 0 Å². The summed E-state index contributed by atoms with van der Waals surface area (Å²) < 4.78 is 0.988. The summed E-state index contributed by atoms with van der Waals surface area (Å²) in [6.45, 7) is 5.34. The Balaban J connectivity index is 2.01. The van der Waals surface area contributed by atoms with E-state index in [1.54, 1.807) is 6.20 Å². The van der Waals surface area contributed by atoms with Crippen LogP contribution in [0, 0.1) is 5.92 Å². The van der Waals surface area contributed by atoms with Crippen LogP contribution in [0.4, 0.5) is 17.5 Å². The van der Waals surface area contributed by atoms with Gasteiger partial charge >= 0.3 is 0 Å². The number of nitrogens with zero attached hydrogens (tertiary/aromatic N) is 2. The zero-order chi connectivity index (χ0) is 14.4. The highest BCUT2D eigenvalue weighted by molar-refractivity contribution is 9.10. The molecule has 0 unspecified atom stereocenters. The molecule has 2 N–H and O–H groups in total. The zero-order valence-corrected chi connectivity index (χ0v) is 13.3. The third kappa shape index (κ3) is 4.49. The van der Waals surface area contributed by atoms with Gasteiger partial charge in [0.25, 0.3) is 0 Å². The maximum absolute atomic E-state index is 4.45. The summed E-state index contributed by atoms with van der Waals surface area (Å²) in [5.74, 6) is 2.11. The molecule has 0 aliphatic rings. The molecular formula is C15H19BrN4. The second-order valence-corrected chi connectivity index (χ2v) is 5.83. The van der Waals surface area contributed by atoms with Gasteiger partial charge in [-0.25, -0.2) is 4.98 Å². The third-order valence-corrected chi connectivity index (χ3v) is 3.50. The first-order valence-electron chi connectivity index (χ1n) is 6.73. The number of halogens is 1. The molecule has 0 aliphatic carbocycles. The van der Waals surface area contributed by atoms with E-state index in [2.05, 4.69) is 50.4 Å². The van der Waals surface area contributed by atoms with Crippen molar-refractivity contribution in [2.75, 3.05) is 17.2 Å². The number of anilines is 3. The number of para-hydroxylation sites is 1. The van der Waals surface area contributed by atoms with Gasteiger partial charge in [0.05, 0.1) is 5.69 Å². The Kier molecular flexibility index (Phi) is 5.35. The molecule has 5 heteroatoms. The first kappa shape index (κ1) is 14.8. The van der Waals surface area contributed by atoms with Gasteiger partial charge in [-0.1, -0.05) is 26.0 Å². The number of nitrogens with one attached hydrogen (secondary N) is 2. The fraction of sp³-hybridized carbons (Fsp3) is 0.333. The van der Waals surface area contributed by atoms with Crippen LogP contribution >= 0.6 is 15.9 Å². The Morgan fingerprint density at radius 1 is 1.20 bits per heavy atom. The van der Waals surface area contributed by atoms with Crippen molar-refractivity contribution in [1.29, 1.82) is 0 Å². The molecule has 0 atom stereocenters. The molecule has 0 aliphatic heterocycles. The molecule has 2 rings (SSSR count). The highest BCUT2D eigenvalue weighted by atomic mass is 79.9. The average Bonchev–Trinajstić information content (AvgIpc) is 2.41. The number of hydrogen-bond donors (Lipinski definition) is 2. The highest BCUT2D eigenvalue weighted by Gasteiger charge is 2.03. The summed E-state index contributed by atoms with van der Waals surface area (Å²) in [6.07, 6.45) is 2.88. The van der Waals surface area contributed by atoms with E-state index in [0.29, 0.717) is 11.9 Å². The number of aromatic nitrogens is 2. The van der Waals surface area contributed by atoms with Gasteiger partial charge in [0.1, 0.15) is 5.82 Å². The average molecular weight is 335 g/mol. The van der Waals surface area contributed by atoms with Crippen LogP contribution in [-0.2, 0) is 0 Å². The molecule has 106 valence electrons. The summed E-state index contributed by atoms with van der Waals surface area (Å²) in [6, 6.07) is 9.78. The van der Waals surface area contributed by atoms with Crippen molar-refractivity contribution in [3.05, 3.63) is 41.0 Å². The van der Waals surface area contributed by atoms with Crippen molar-refractivity contribution in [3.63, 3.8) is 0 Å². The van der Waals surface area contributed by atoms with Crippen LogP contribution < -0.4 is 10.6 Å². The van der Waals surface area contributed by atoms with Crippen molar-refractivity contribution in [1.82, 2.24) is 9.97 Å². The largest absolute Gasteiger partial charge is 0.370 e. The fourth-order valence-electron chi connectivity index (χ4n) is 1.69. The fourth-order valence-corrected chi connectivity index (χ4v) is 2.07. The summed E-state index contributed by atoms with van der Waals surface area (Å²) >= 11 is 3.50. The minimum Gasteiger partial charge on any atom is -0.370 e. The van der Waals surface area contributed by atoms with E-state index < -0.39 is 0 Å². The zero-order valence-electron chi connectivity index (χ0n) is 11.7. The van der Waals surface area contributed by atoms with Crippen LogP contribution in [-0.4, -0.2) is 16.5 Å². The molecule has 4 nitrogen and oxygen atoms in total. The molecule has 0 amide bonds. The summed E-state index contributed by atoms with van der Waals surface area (Å²) in [7, 11) is 0. The predicted octanol–water partition coefficient (Wildman–Crippen LogP) is 4.44. The lowest BCUT2D eigenvalue weighted by Gasteiger charge is -2.10. The molecule has 1 aromatic heterocycles. The van der Waals surface area contributed by atoms with Crippen molar-refractivity contribution >= 4 is 33.4 Å². The topological polar surface area (TPSA) is 49.8 Å². The molecule has 0 saturated heterocycles. The molecule has 0 spiro atoms. The Morgan fingerprint density at radius 2 is 2.00 bits per heavy atom. The maximum Gasteiger partial charge on any atom is 0.229 e. The molecule has 0 bridgehead atoms. The predicted molar refractivity (Wildman–Crippen MR) is 87.4 cm³/mol. The first-order chi connectivity index (χ1) is 9.65. The maximum atomic E-state index is 4.45. The van der Waals surface area contributed by atoms with Gasteiger partial charge in [-0.3, -0.25) is 0 Å². The summed E-state index contributed by atoms with van der Waals surface area (Å²) in [5, 5.41) is 6.52. The Bertz CT molecular complexity index is 557. The van der Waals surface area contributed by atoms with Crippen LogP contribution in [0.3, 0.4) is 0 Å². The van der Waals surface area contributed by atoms with E-state index >= 15 is 0 Å². The standard InChI is InChI=1S/C15H19BrN4/c1-11(2)7-9-17-14-8-10-18-15(20-14)19-13-6-4-3-5-12(13)16/h3-6,8,10-11H,7,9H2,1-2H3,(H2,17,18,19,20). The van der Waals surface area contributed by atoms with E-state index in [1.807, 2.05) is 30.3 Å². The molecule has 2 aromatic rings. The van der Waals surface area contributed by atoms with Gasteiger partial charge < -0.3 is 10.6 Å². The number of benzene rings is 1. The molecule has 1 aromatic carbocycles. The second-order valence-electron chi connectivity index (χ2n) is 4.98. The van der Waals surface area contributed by atoms with Gasteiger partial charge in [-0.2, -0.15) is 4.98 Å². The molecule has 1 heterocycles. The van der Waals surface area contributed by atoms with Gasteiger partial charge in [-0.05, 0) is 46.5 Å². The van der Waals surface area contributed by atoms with E-state index in [0.717, 1.165) is 28.9 Å². The normalized spacial score (nSPS) is 10.6. The van der Waals surface area contributed by atoms with Gasteiger partial charge in [0, 0.05) is 17.2 Å². The van der Waals surface area contributed by atoms with Crippen molar-refractivity contribution < 1.29 is 0 Å². The molecule has 0 radical (unpaired) electrons. The first-order valence-corrected chi connectivity index (χ1v) is 7.53. The Labute approximate surface area is 128 Å². The van der Waals surface area contributed by atoms with Crippen LogP contribution in [0.5, 0.6) is 0 Å². The van der Waals surface area contributed by atoms with Crippen molar-refractivity contribution in [3.8, 4) is 0 Å². The number of hydrogen-bond acceptors (Lipinski definition) is 4. The minimum absolute atomic E-state index is 0.589. The van der Waals surface area contributed by atoms with Gasteiger partial charge in [0.15, 0.2) is 0 Å². The summed E-state index contributed by atoms with van der Waals surface area (Å²) in [5.41, 5.74) is 0.951. The van der Waals surface area contributed by atoms with E-state index in [9.17, 15) is 0 Å². The van der Waals surface area contributed by atoms with Crippen molar-refractivity contribution in [2.45, 2.75) is 20.3 Å². The Hall–Kier alpha value is -1.62. The lowest BCUT2D eigenvalue weighted by molar-refractivity contribution is 0.606. The molecule has 0 fully saturated rings. The van der Waals surface area contributed by atoms with E-state index in [1.165, 1.54) is 0 Å². The molecule has 0 saturated carbocycles. The second kappa shape index (κ2) is 7.24. The van der Waals surface area contributed by atoms with E-state index in [4.69, 9.17) is 0 Å². The molecule has 20 heavy (non-hydrogen) atoms. The van der Waals surface area contributed by atoms with Crippen molar-refractivity contribution in [2.24, 2.45) is 5.92 Å². The lowest BCUT2D eigenvalue weighted by atomic mass is 10.1. The van der Waals surface area contributed by atoms with Crippen LogP contribution in [0.2, 0.25) is 0 Å². The van der Waals surface area contributed by atoms with E-state index in [-0.39, 0.29) is 0 Å². The van der Waals surface area contributed by atoms with Gasteiger partial charge in [-0.15, -0.1) is 0 Å². The summed E-state index contributed by atoms with van der Waals surface area (Å²) in [4.78, 5) is 8.69. The van der Waals surface area contributed by atoms with Crippen LogP contribution in [0.1, 0.15) is 20.3 Å². The van der Waals surface area contributed by atoms with Crippen LogP contribution in [0.15, 0.2) is 41.0 Å². The SMILES string of the molecule is CC(C)CCNc1ccnc(Nc2ccccc2Br)n1. The third-order valence-electron chi connectivity index (χ3n) is 2.80. The lowest BCUT2D eigenvalue weighted by Crippen LogP contribution is -2.07. The number of rotatable bonds is 6.